The molecule has 1 aromatic carbocycles. The van der Waals surface area contributed by atoms with Gasteiger partial charge in [-0.05, 0) is 44.7 Å². The van der Waals surface area contributed by atoms with Gasteiger partial charge in [0.25, 0.3) is 0 Å². The summed E-state index contributed by atoms with van der Waals surface area (Å²) in [5.41, 5.74) is 3.88. The summed E-state index contributed by atoms with van der Waals surface area (Å²) in [6.45, 7) is 5.96. The van der Waals surface area contributed by atoms with E-state index in [2.05, 4.69) is 52.2 Å². The third kappa shape index (κ3) is 4.25. The monoisotopic (exact) mass is 394 g/mol. The van der Waals surface area contributed by atoms with Gasteiger partial charge in [-0.25, -0.2) is 0 Å². The summed E-state index contributed by atoms with van der Waals surface area (Å²) in [6.07, 6.45) is 8.88. The molecule has 2 saturated heterocycles. The van der Waals surface area contributed by atoms with E-state index in [0.29, 0.717) is 18.1 Å². The highest BCUT2D eigenvalue weighted by molar-refractivity contribution is 5.74. The first-order valence-corrected chi connectivity index (χ1v) is 11.1. The van der Waals surface area contributed by atoms with Crippen LogP contribution in [0.2, 0.25) is 0 Å². The van der Waals surface area contributed by atoms with Gasteiger partial charge in [-0.1, -0.05) is 43.2 Å². The maximum Gasteiger partial charge on any atom is 0.220 e. The van der Waals surface area contributed by atoms with Crippen molar-refractivity contribution in [3.8, 4) is 0 Å². The van der Waals surface area contributed by atoms with Crippen LogP contribution in [0.25, 0.3) is 0 Å². The van der Waals surface area contributed by atoms with Crippen LogP contribution >= 0.6 is 0 Å². The second-order valence-electron chi connectivity index (χ2n) is 8.84. The van der Waals surface area contributed by atoms with Gasteiger partial charge in [0.05, 0.1) is 6.20 Å². The van der Waals surface area contributed by atoms with Crippen molar-refractivity contribution in [1.82, 2.24) is 19.6 Å². The first-order valence-electron chi connectivity index (χ1n) is 11.1. The number of amides is 1. The van der Waals surface area contributed by atoms with Crippen LogP contribution in [0.5, 0.6) is 0 Å². The highest BCUT2D eigenvalue weighted by Gasteiger charge is 2.45. The minimum Gasteiger partial charge on any atom is -0.335 e. The molecule has 2 fully saturated rings. The molecule has 156 valence electrons. The second kappa shape index (κ2) is 8.70. The third-order valence-corrected chi connectivity index (χ3v) is 7.01. The highest BCUT2D eigenvalue weighted by Crippen LogP contribution is 2.36. The number of aromatic nitrogens is 2. The molecule has 0 aliphatic carbocycles. The fraction of sp³-hybridized carbons (Fsp3) is 0.583. The smallest absolute Gasteiger partial charge is 0.220 e. The Labute approximate surface area is 174 Å². The summed E-state index contributed by atoms with van der Waals surface area (Å²) in [7, 11) is 2.01. The van der Waals surface area contributed by atoms with Crippen LogP contribution in [0.3, 0.4) is 0 Å². The van der Waals surface area contributed by atoms with E-state index < -0.39 is 0 Å². The van der Waals surface area contributed by atoms with E-state index in [1.165, 1.54) is 36.1 Å². The number of fused-ring (bicyclic) bond motifs is 1. The Morgan fingerprint density at radius 1 is 1.14 bits per heavy atom. The van der Waals surface area contributed by atoms with Gasteiger partial charge in [0.1, 0.15) is 0 Å². The van der Waals surface area contributed by atoms with E-state index in [1.54, 1.807) is 6.92 Å². The topological polar surface area (TPSA) is 41.4 Å². The van der Waals surface area contributed by atoms with Crippen LogP contribution in [0.1, 0.15) is 55.8 Å². The molecule has 0 radical (unpaired) electrons. The molecule has 3 atom stereocenters. The molecule has 2 aliphatic rings. The van der Waals surface area contributed by atoms with Gasteiger partial charge in [-0.3, -0.25) is 14.4 Å². The van der Waals surface area contributed by atoms with Crippen LogP contribution in [-0.4, -0.2) is 50.2 Å². The van der Waals surface area contributed by atoms with Crippen LogP contribution < -0.4 is 0 Å². The minimum absolute atomic E-state index is 0.233. The fourth-order valence-corrected chi connectivity index (χ4v) is 5.41. The van der Waals surface area contributed by atoms with Gasteiger partial charge in [0, 0.05) is 49.9 Å². The molecule has 2 aromatic rings. The molecule has 0 bridgehead atoms. The number of benzene rings is 1. The predicted molar refractivity (Wildman–Crippen MR) is 115 cm³/mol. The Balaban J connectivity index is 1.60. The van der Waals surface area contributed by atoms with Gasteiger partial charge < -0.3 is 4.90 Å². The van der Waals surface area contributed by atoms with Crippen LogP contribution in [0.4, 0.5) is 0 Å². The molecule has 5 nitrogen and oxygen atoms in total. The lowest BCUT2D eigenvalue weighted by Gasteiger charge is -2.37. The Hall–Kier alpha value is -2.14. The van der Waals surface area contributed by atoms with Crippen molar-refractivity contribution >= 4 is 5.91 Å². The van der Waals surface area contributed by atoms with Crippen LogP contribution in [0.15, 0.2) is 36.5 Å². The normalized spacial score (nSPS) is 25.5. The van der Waals surface area contributed by atoms with Gasteiger partial charge in [0.2, 0.25) is 5.91 Å². The number of likely N-dealkylation sites (tertiary alicyclic amines) is 2. The summed E-state index contributed by atoms with van der Waals surface area (Å²) in [4.78, 5) is 17.6. The number of nitrogens with zero attached hydrogens (tertiary/aromatic N) is 4. The van der Waals surface area contributed by atoms with Crippen molar-refractivity contribution in [3.05, 3.63) is 53.3 Å². The van der Waals surface area contributed by atoms with Gasteiger partial charge in [-0.2, -0.15) is 5.10 Å². The summed E-state index contributed by atoms with van der Waals surface area (Å²) in [5.74, 6) is 0.233. The molecule has 1 aromatic heterocycles. The first kappa shape index (κ1) is 20.1. The zero-order valence-electron chi connectivity index (χ0n) is 18.1. The summed E-state index contributed by atoms with van der Waals surface area (Å²) in [6, 6.07) is 11.7. The van der Waals surface area contributed by atoms with Crippen LogP contribution in [0, 0.1) is 6.92 Å². The minimum atomic E-state index is 0.233. The molecular formula is C24H34N4O. The maximum absolute atomic E-state index is 12.7. The molecule has 3 heterocycles. The molecule has 0 N–H and O–H groups in total. The van der Waals surface area contributed by atoms with Crippen molar-refractivity contribution in [1.29, 1.82) is 0 Å². The van der Waals surface area contributed by atoms with Crippen molar-refractivity contribution in [2.45, 2.75) is 77.0 Å². The molecule has 0 unspecified atom stereocenters. The van der Waals surface area contributed by atoms with Crippen molar-refractivity contribution in [2.75, 3.05) is 6.54 Å². The summed E-state index contributed by atoms with van der Waals surface area (Å²) < 4.78 is 1.96. The molecule has 5 heteroatoms. The zero-order chi connectivity index (χ0) is 20.4. The lowest BCUT2D eigenvalue weighted by atomic mass is 9.95. The SMILES string of the molecule is CC(=O)N1[C@H](Cc2ccccc2)C[C@H]2[C@H]1CCCCCN2Cc1cnn(C)c1C. The Morgan fingerprint density at radius 3 is 2.62 bits per heavy atom. The zero-order valence-corrected chi connectivity index (χ0v) is 18.1. The average Bonchev–Trinajstić information content (AvgIpc) is 3.20. The van der Waals surface area contributed by atoms with Crippen molar-refractivity contribution in [2.24, 2.45) is 7.05 Å². The fourth-order valence-electron chi connectivity index (χ4n) is 5.41. The summed E-state index contributed by atoms with van der Waals surface area (Å²) >= 11 is 0. The molecule has 0 saturated carbocycles. The van der Waals surface area contributed by atoms with E-state index in [-0.39, 0.29) is 5.91 Å². The lowest BCUT2D eigenvalue weighted by Crippen LogP contribution is -2.48. The van der Waals surface area contributed by atoms with E-state index in [1.807, 2.05) is 17.9 Å². The third-order valence-electron chi connectivity index (χ3n) is 7.01. The van der Waals surface area contributed by atoms with Crippen LogP contribution in [-0.2, 0) is 24.8 Å². The van der Waals surface area contributed by atoms with E-state index in [4.69, 9.17) is 0 Å². The van der Waals surface area contributed by atoms with Gasteiger partial charge in [-0.15, -0.1) is 0 Å². The van der Waals surface area contributed by atoms with Crippen molar-refractivity contribution in [3.63, 3.8) is 0 Å². The molecule has 2 aliphatic heterocycles. The number of hydrogen-bond acceptors (Lipinski definition) is 3. The molecular weight excluding hydrogens is 360 g/mol. The molecule has 0 spiro atoms. The quantitative estimate of drug-likeness (QED) is 0.794. The van der Waals surface area contributed by atoms with Crippen molar-refractivity contribution < 1.29 is 4.79 Å². The first-order chi connectivity index (χ1) is 14.0. The van der Waals surface area contributed by atoms with E-state index in [0.717, 1.165) is 32.4 Å². The predicted octanol–water partition coefficient (Wildman–Crippen LogP) is 3.71. The molecule has 4 rings (SSSR count). The highest BCUT2D eigenvalue weighted by atomic mass is 16.2. The Morgan fingerprint density at radius 2 is 1.93 bits per heavy atom. The van der Waals surface area contributed by atoms with E-state index >= 15 is 0 Å². The van der Waals surface area contributed by atoms with Gasteiger partial charge in [0.15, 0.2) is 0 Å². The second-order valence-corrected chi connectivity index (χ2v) is 8.84. The summed E-state index contributed by atoms with van der Waals surface area (Å²) in [5, 5.41) is 4.45. The Kier molecular flexibility index (Phi) is 6.04. The molecule has 29 heavy (non-hydrogen) atoms. The number of hydrogen-bond donors (Lipinski definition) is 0. The number of carbonyl (C=O) groups is 1. The molecule has 1 amide bonds. The lowest BCUT2D eigenvalue weighted by molar-refractivity contribution is -0.132. The number of rotatable bonds is 4. The van der Waals surface area contributed by atoms with Gasteiger partial charge >= 0.3 is 0 Å². The number of carbonyl (C=O) groups excluding carboxylic acids is 1. The number of aryl methyl sites for hydroxylation is 1. The van der Waals surface area contributed by atoms with E-state index in [9.17, 15) is 4.79 Å². The Bertz CT molecular complexity index is 831. The average molecular weight is 395 g/mol. The maximum atomic E-state index is 12.7. The largest absolute Gasteiger partial charge is 0.335 e. The standard InChI is InChI=1S/C24H34N4O/c1-18-21(16-25-26(18)3)17-27-13-9-5-8-12-23-24(27)15-22(28(23)19(2)29)14-20-10-6-4-7-11-20/h4,6-7,10-11,16,22-24H,5,8-9,12-15,17H2,1-3H3/t22-,23-,24+/m1/s1.